The highest BCUT2D eigenvalue weighted by Crippen LogP contribution is 2.31. The maximum atomic E-state index is 12.5. The quantitative estimate of drug-likeness (QED) is 0.347. The third-order valence-electron chi connectivity index (χ3n) is 3.85. The van der Waals surface area contributed by atoms with Crippen LogP contribution in [0.2, 0.25) is 0 Å². The molecule has 0 saturated heterocycles. The number of amides is 2. The monoisotopic (exact) mass is 336 g/mol. The normalized spacial score (nSPS) is 12.4. The fraction of sp³-hybridized carbons (Fsp3) is 0.588. The molecule has 0 bridgehead atoms. The molecular weight excluding hydrogens is 308 g/mol. The van der Waals surface area contributed by atoms with Crippen LogP contribution in [-0.4, -0.2) is 34.1 Å². The van der Waals surface area contributed by atoms with Crippen LogP contribution in [0.3, 0.4) is 0 Å². The summed E-state index contributed by atoms with van der Waals surface area (Å²) in [7, 11) is 0. The molecule has 0 saturated carbocycles. The SMILES string of the molecule is CCCC(C)(C)C[C@@H](CN(O)C=O)C(=O)NNc1cc(C)ccn1. The van der Waals surface area contributed by atoms with Crippen LogP contribution in [0.5, 0.6) is 0 Å². The van der Waals surface area contributed by atoms with Gasteiger partial charge in [0.05, 0.1) is 12.5 Å². The average molecular weight is 336 g/mol. The van der Waals surface area contributed by atoms with E-state index >= 15 is 0 Å². The lowest BCUT2D eigenvalue weighted by molar-refractivity contribution is -0.155. The molecule has 0 spiro atoms. The van der Waals surface area contributed by atoms with E-state index < -0.39 is 5.92 Å². The molecule has 0 aromatic carbocycles. The summed E-state index contributed by atoms with van der Waals surface area (Å²) in [5.74, 6) is -0.284. The minimum absolute atomic E-state index is 0.0502. The van der Waals surface area contributed by atoms with Gasteiger partial charge in [0.1, 0.15) is 5.82 Å². The highest BCUT2D eigenvalue weighted by Gasteiger charge is 2.29. The van der Waals surface area contributed by atoms with Gasteiger partial charge in [-0.05, 0) is 42.9 Å². The number of hydrogen-bond donors (Lipinski definition) is 3. The van der Waals surface area contributed by atoms with E-state index in [1.54, 1.807) is 12.3 Å². The molecule has 1 atom stereocenters. The average Bonchev–Trinajstić information content (AvgIpc) is 2.51. The van der Waals surface area contributed by atoms with Gasteiger partial charge >= 0.3 is 0 Å². The van der Waals surface area contributed by atoms with Crippen molar-refractivity contribution in [2.45, 2.75) is 47.0 Å². The van der Waals surface area contributed by atoms with Crippen LogP contribution in [0.1, 0.15) is 45.6 Å². The van der Waals surface area contributed by atoms with Crippen molar-refractivity contribution < 1.29 is 14.8 Å². The number of carbonyl (C=O) groups excluding carboxylic acids is 2. The molecule has 2 amide bonds. The first-order valence-electron chi connectivity index (χ1n) is 8.16. The van der Waals surface area contributed by atoms with E-state index in [0.29, 0.717) is 23.7 Å². The molecule has 134 valence electrons. The van der Waals surface area contributed by atoms with Crippen molar-refractivity contribution in [3.05, 3.63) is 23.9 Å². The van der Waals surface area contributed by atoms with Gasteiger partial charge in [0.2, 0.25) is 12.3 Å². The first-order chi connectivity index (χ1) is 11.3. The number of aryl methyl sites for hydroxylation is 1. The summed E-state index contributed by atoms with van der Waals surface area (Å²) in [6.45, 7) is 8.12. The molecule has 0 unspecified atom stereocenters. The van der Waals surface area contributed by atoms with Gasteiger partial charge in [-0.3, -0.25) is 25.6 Å². The molecule has 1 rings (SSSR count). The molecule has 1 heterocycles. The summed E-state index contributed by atoms with van der Waals surface area (Å²) in [4.78, 5) is 27.3. The summed E-state index contributed by atoms with van der Waals surface area (Å²) >= 11 is 0. The third kappa shape index (κ3) is 6.95. The van der Waals surface area contributed by atoms with Crippen molar-refractivity contribution in [3.63, 3.8) is 0 Å². The van der Waals surface area contributed by atoms with Crippen molar-refractivity contribution in [3.8, 4) is 0 Å². The second-order valence-electron chi connectivity index (χ2n) is 6.88. The van der Waals surface area contributed by atoms with E-state index in [4.69, 9.17) is 0 Å². The molecule has 0 aliphatic carbocycles. The van der Waals surface area contributed by atoms with Gasteiger partial charge in [-0.25, -0.2) is 10.0 Å². The zero-order valence-corrected chi connectivity index (χ0v) is 14.9. The molecule has 7 nitrogen and oxygen atoms in total. The highest BCUT2D eigenvalue weighted by atomic mass is 16.5. The number of hydrogen-bond acceptors (Lipinski definition) is 5. The summed E-state index contributed by atoms with van der Waals surface area (Å²) in [6, 6.07) is 3.66. The molecule has 0 aliphatic heterocycles. The van der Waals surface area contributed by atoms with Crippen molar-refractivity contribution >= 4 is 18.1 Å². The van der Waals surface area contributed by atoms with Gasteiger partial charge in [0.25, 0.3) is 0 Å². The smallest absolute Gasteiger partial charge is 0.243 e. The van der Waals surface area contributed by atoms with Crippen LogP contribution in [0.4, 0.5) is 5.82 Å². The molecule has 3 N–H and O–H groups in total. The Morgan fingerprint density at radius 1 is 1.50 bits per heavy atom. The van der Waals surface area contributed by atoms with Gasteiger partial charge in [-0.1, -0.05) is 27.2 Å². The summed E-state index contributed by atoms with van der Waals surface area (Å²) in [6.07, 6.45) is 4.47. The van der Waals surface area contributed by atoms with Crippen LogP contribution in [0.25, 0.3) is 0 Å². The van der Waals surface area contributed by atoms with Gasteiger partial charge < -0.3 is 0 Å². The molecule has 0 radical (unpaired) electrons. The van der Waals surface area contributed by atoms with E-state index in [2.05, 4.69) is 36.6 Å². The summed E-state index contributed by atoms with van der Waals surface area (Å²) in [5.41, 5.74) is 6.34. The Bertz CT molecular complexity index is 548. The standard InChI is InChI=1S/C17H28N4O3/c1-5-7-17(3,4)10-14(11-21(24)12-22)16(23)20-19-15-9-13(2)6-8-18-15/h6,8-9,12,14,24H,5,7,10-11H2,1-4H3,(H,18,19)(H,20,23)/t14-/m0/s1. The highest BCUT2D eigenvalue weighted by molar-refractivity contribution is 5.80. The van der Waals surface area contributed by atoms with Crippen molar-refractivity contribution in [2.75, 3.05) is 12.0 Å². The predicted molar refractivity (Wildman–Crippen MR) is 92.1 cm³/mol. The number of nitrogens with zero attached hydrogens (tertiary/aromatic N) is 2. The lowest BCUT2D eigenvalue weighted by atomic mass is 9.79. The number of carbonyl (C=O) groups is 2. The van der Waals surface area contributed by atoms with Crippen LogP contribution < -0.4 is 10.9 Å². The maximum absolute atomic E-state index is 12.5. The third-order valence-corrected chi connectivity index (χ3v) is 3.85. The van der Waals surface area contributed by atoms with Crippen molar-refractivity contribution in [2.24, 2.45) is 11.3 Å². The fourth-order valence-electron chi connectivity index (χ4n) is 2.79. The molecule has 0 aliphatic rings. The van der Waals surface area contributed by atoms with E-state index in [9.17, 15) is 14.8 Å². The molecule has 1 aromatic rings. The summed E-state index contributed by atoms with van der Waals surface area (Å²) < 4.78 is 0. The molecule has 1 aromatic heterocycles. The van der Waals surface area contributed by atoms with E-state index in [0.717, 1.165) is 18.4 Å². The Kier molecular flexibility index (Phi) is 7.64. The van der Waals surface area contributed by atoms with Gasteiger partial charge in [-0.15, -0.1) is 0 Å². The predicted octanol–water partition coefficient (Wildman–Crippen LogP) is 2.51. The number of anilines is 1. The zero-order chi connectivity index (χ0) is 18.2. The van der Waals surface area contributed by atoms with E-state index in [-0.39, 0.29) is 17.9 Å². The molecule has 24 heavy (non-hydrogen) atoms. The Hall–Kier alpha value is -2.15. The minimum Gasteiger partial charge on any atom is -0.286 e. The molecule has 0 fully saturated rings. The van der Waals surface area contributed by atoms with Crippen molar-refractivity contribution in [1.82, 2.24) is 15.5 Å². The first-order valence-corrected chi connectivity index (χ1v) is 8.16. The van der Waals surface area contributed by atoms with E-state index in [1.807, 2.05) is 13.0 Å². The number of hydrazine groups is 1. The largest absolute Gasteiger partial charge is 0.286 e. The number of aromatic nitrogens is 1. The number of nitrogens with one attached hydrogen (secondary N) is 2. The number of hydroxylamine groups is 2. The second kappa shape index (κ2) is 9.22. The second-order valence-corrected chi connectivity index (χ2v) is 6.88. The number of rotatable bonds is 10. The molecule has 7 heteroatoms. The van der Waals surface area contributed by atoms with Gasteiger partial charge in [0.15, 0.2) is 0 Å². The Labute approximate surface area is 143 Å². The topological polar surface area (TPSA) is 94.6 Å². The summed E-state index contributed by atoms with van der Waals surface area (Å²) in [5, 5.41) is 9.99. The Morgan fingerprint density at radius 3 is 2.79 bits per heavy atom. The lowest BCUT2D eigenvalue weighted by Crippen LogP contribution is -2.42. The van der Waals surface area contributed by atoms with Crippen molar-refractivity contribution in [1.29, 1.82) is 0 Å². The van der Waals surface area contributed by atoms with Crippen LogP contribution >= 0.6 is 0 Å². The fourth-order valence-corrected chi connectivity index (χ4v) is 2.79. The van der Waals surface area contributed by atoms with Gasteiger partial charge in [-0.2, -0.15) is 0 Å². The minimum atomic E-state index is -0.529. The lowest BCUT2D eigenvalue weighted by Gasteiger charge is -2.30. The van der Waals surface area contributed by atoms with E-state index in [1.165, 1.54) is 0 Å². The van der Waals surface area contributed by atoms with Gasteiger partial charge in [0, 0.05) is 6.20 Å². The zero-order valence-electron chi connectivity index (χ0n) is 14.9. The van der Waals surface area contributed by atoms with Crippen LogP contribution in [0, 0.1) is 18.3 Å². The van der Waals surface area contributed by atoms with Crippen LogP contribution in [0.15, 0.2) is 18.3 Å². The first kappa shape index (κ1) is 19.9. The van der Waals surface area contributed by atoms with Crippen LogP contribution in [-0.2, 0) is 9.59 Å². The maximum Gasteiger partial charge on any atom is 0.243 e. The Morgan fingerprint density at radius 2 is 2.21 bits per heavy atom. The Balaban J connectivity index is 2.73. The number of pyridine rings is 1. The molecular formula is C17H28N4O3.